The summed E-state index contributed by atoms with van der Waals surface area (Å²) in [7, 11) is 1.63. The predicted molar refractivity (Wildman–Crippen MR) is 112 cm³/mol. The van der Waals surface area contributed by atoms with E-state index in [-0.39, 0.29) is 5.75 Å². The maximum absolute atomic E-state index is 10.7. The van der Waals surface area contributed by atoms with Gasteiger partial charge in [0.2, 0.25) is 0 Å². The van der Waals surface area contributed by atoms with Crippen LogP contribution in [-0.2, 0) is 0 Å². The molecule has 5 rings (SSSR count). The van der Waals surface area contributed by atoms with Crippen molar-refractivity contribution < 1.29 is 9.84 Å². The average Bonchev–Trinajstić information content (AvgIpc) is 3.31. The molecule has 0 spiro atoms. The van der Waals surface area contributed by atoms with Gasteiger partial charge in [0.15, 0.2) is 0 Å². The molecule has 0 saturated carbocycles. The number of hydrogen-bond donors (Lipinski definition) is 1. The lowest BCUT2D eigenvalue weighted by Gasteiger charge is -2.10. The number of ether oxygens (including phenoxy) is 1. The van der Waals surface area contributed by atoms with Gasteiger partial charge in [0, 0.05) is 0 Å². The number of nitrogens with zero attached hydrogens (tertiary/aromatic N) is 2. The van der Waals surface area contributed by atoms with Crippen molar-refractivity contribution in [2.24, 2.45) is 0 Å². The number of aromatic hydroxyl groups is 1. The molecular weight excluding hydrogens is 376 g/mol. The van der Waals surface area contributed by atoms with Crippen LogP contribution in [0.5, 0.6) is 11.5 Å². The fraction of sp³-hybridized carbons (Fsp3) is 0.0476. The van der Waals surface area contributed by atoms with Crippen LogP contribution in [0, 0.1) is 0 Å². The normalized spacial score (nSPS) is 11.3. The van der Waals surface area contributed by atoms with E-state index in [0.29, 0.717) is 11.3 Å². The van der Waals surface area contributed by atoms with Gasteiger partial charge in [0.25, 0.3) is 0 Å². The number of para-hydroxylation sites is 2. The Morgan fingerprint density at radius 1 is 0.778 bits per heavy atom. The Kier molecular flexibility index (Phi) is 3.81. The molecule has 0 bridgehead atoms. The predicted octanol–water partition coefficient (Wildman–Crippen LogP) is 5.95. The number of benzene rings is 3. The Hall–Kier alpha value is -2.96. The number of rotatable bonds is 3. The highest BCUT2D eigenvalue weighted by molar-refractivity contribution is 7.22. The van der Waals surface area contributed by atoms with Gasteiger partial charge in [0.1, 0.15) is 21.5 Å². The zero-order valence-corrected chi connectivity index (χ0v) is 16.0. The molecule has 6 heteroatoms. The summed E-state index contributed by atoms with van der Waals surface area (Å²) in [6.07, 6.45) is 0. The molecule has 0 aliphatic rings. The highest BCUT2D eigenvalue weighted by Gasteiger charge is 2.18. The first-order valence-electron chi connectivity index (χ1n) is 8.36. The van der Waals surface area contributed by atoms with Crippen LogP contribution in [0.3, 0.4) is 0 Å². The lowest BCUT2D eigenvalue weighted by molar-refractivity contribution is 0.414. The molecule has 5 aromatic rings. The third kappa shape index (κ3) is 2.74. The van der Waals surface area contributed by atoms with Crippen LogP contribution in [-0.4, -0.2) is 22.2 Å². The molecule has 0 aliphatic carbocycles. The lowest BCUT2D eigenvalue weighted by atomic mass is 10.1. The van der Waals surface area contributed by atoms with Crippen LogP contribution >= 0.6 is 22.7 Å². The van der Waals surface area contributed by atoms with Crippen LogP contribution < -0.4 is 4.74 Å². The molecule has 2 heterocycles. The highest BCUT2D eigenvalue weighted by Crippen LogP contribution is 2.43. The van der Waals surface area contributed by atoms with Gasteiger partial charge >= 0.3 is 0 Å². The number of thiazole rings is 2. The molecule has 3 aromatic carbocycles. The Morgan fingerprint density at radius 2 is 1.33 bits per heavy atom. The number of hydrogen-bond acceptors (Lipinski definition) is 6. The van der Waals surface area contributed by atoms with Gasteiger partial charge < -0.3 is 9.84 Å². The van der Waals surface area contributed by atoms with E-state index in [2.05, 4.69) is 9.97 Å². The average molecular weight is 390 g/mol. The first-order chi connectivity index (χ1) is 13.2. The number of phenolic OH excluding ortho intramolecular Hbond substituents is 1. The minimum absolute atomic E-state index is 0.170. The fourth-order valence-corrected chi connectivity index (χ4v) is 5.03. The van der Waals surface area contributed by atoms with E-state index in [1.165, 1.54) is 0 Å². The number of aromatic nitrogens is 2. The topological polar surface area (TPSA) is 55.2 Å². The zero-order valence-electron chi connectivity index (χ0n) is 14.3. The quantitative estimate of drug-likeness (QED) is 0.413. The van der Waals surface area contributed by atoms with E-state index in [9.17, 15) is 5.11 Å². The van der Waals surface area contributed by atoms with Gasteiger partial charge in [-0.15, -0.1) is 22.7 Å². The Labute approximate surface area is 163 Å². The summed E-state index contributed by atoms with van der Waals surface area (Å²) in [6, 6.07) is 19.5. The molecule has 0 atom stereocenters. The molecule has 0 saturated heterocycles. The largest absolute Gasteiger partial charge is 0.507 e. The number of phenols is 1. The Balaban J connectivity index is 1.67. The van der Waals surface area contributed by atoms with Crippen LogP contribution in [0.2, 0.25) is 0 Å². The maximum Gasteiger partial charge on any atom is 0.130 e. The SMILES string of the molecule is COc1cc(-c2nc3ccccc3s2)c(O)cc1-c1nc2ccccc2s1. The van der Waals surface area contributed by atoms with Gasteiger partial charge in [0.05, 0.1) is 38.7 Å². The molecule has 0 aliphatic heterocycles. The minimum atomic E-state index is 0.170. The van der Waals surface area contributed by atoms with Crippen LogP contribution in [0.4, 0.5) is 0 Å². The van der Waals surface area contributed by atoms with Crippen molar-refractivity contribution >= 4 is 43.1 Å². The van der Waals surface area contributed by atoms with Gasteiger partial charge in [-0.3, -0.25) is 0 Å². The summed E-state index contributed by atoms with van der Waals surface area (Å²) < 4.78 is 7.80. The number of fused-ring (bicyclic) bond motifs is 2. The number of methoxy groups -OCH3 is 1. The van der Waals surface area contributed by atoms with Gasteiger partial charge in [-0.25, -0.2) is 9.97 Å². The fourth-order valence-electron chi connectivity index (χ4n) is 3.05. The first kappa shape index (κ1) is 16.2. The molecule has 27 heavy (non-hydrogen) atoms. The molecule has 0 unspecified atom stereocenters. The molecule has 4 nitrogen and oxygen atoms in total. The van der Waals surface area contributed by atoms with E-state index in [1.807, 2.05) is 54.6 Å². The van der Waals surface area contributed by atoms with Gasteiger partial charge in [-0.05, 0) is 36.4 Å². The maximum atomic E-state index is 10.7. The van der Waals surface area contributed by atoms with Gasteiger partial charge in [-0.1, -0.05) is 24.3 Å². The monoisotopic (exact) mass is 390 g/mol. The van der Waals surface area contributed by atoms with E-state index >= 15 is 0 Å². The summed E-state index contributed by atoms with van der Waals surface area (Å²) in [6.45, 7) is 0. The van der Waals surface area contributed by atoms with Gasteiger partial charge in [-0.2, -0.15) is 0 Å². The minimum Gasteiger partial charge on any atom is -0.507 e. The second-order valence-electron chi connectivity index (χ2n) is 6.04. The third-order valence-corrected chi connectivity index (χ3v) is 6.51. The van der Waals surface area contributed by atoms with Crippen LogP contribution in [0.15, 0.2) is 60.7 Å². The lowest BCUT2D eigenvalue weighted by Crippen LogP contribution is -1.90. The van der Waals surface area contributed by atoms with Crippen molar-refractivity contribution in [1.29, 1.82) is 0 Å². The molecule has 0 fully saturated rings. The smallest absolute Gasteiger partial charge is 0.130 e. The van der Waals surface area contributed by atoms with Crippen molar-refractivity contribution in [3.05, 3.63) is 60.7 Å². The summed E-state index contributed by atoms with van der Waals surface area (Å²) >= 11 is 3.13. The van der Waals surface area contributed by atoms with E-state index < -0.39 is 0 Å². The summed E-state index contributed by atoms with van der Waals surface area (Å²) in [4.78, 5) is 9.33. The molecule has 0 amide bonds. The molecular formula is C21H14N2O2S2. The molecule has 1 N–H and O–H groups in total. The van der Waals surface area contributed by atoms with Crippen molar-refractivity contribution in [3.63, 3.8) is 0 Å². The summed E-state index contributed by atoms with van der Waals surface area (Å²) in [5, 5.41) is 12.3. The Bertz CT molecular complexity index is 1220. The van der Waals surface area contributed by atoms with Crippen molar-refractivity contribution in [1.82, 2.24) is 9.97 Å². The molecule has 0 radical (unpaired) electrons. The zero-order chi connectivity index (χ0) is 18.4. The van der Waals surface area contributed by atoms with E-state index in [0.717, 1.165) is 36.0 Å². The summed E-state index contributed by atoms with van der Waals surface area (Å²) in [5.74, 6) is 0.838. The Morgan fingerprint density at radius 3 is 1.89 bits per heavy atom. The standard InChI is InChI=1S/C21H14N2O2S2/c1-25-17-11-12(20-22-14-6-2-4-8-18(14)26-20)16(24)10-13(17)21-23-15-7-3-5-9-19(15)27-21/h2-11,24H,1H3. The van der Waals surface area contributed by atoms with Crippen LogP contribution in [0.1, 0.15) is 0 Å². The second kappa shape index (κ2) is 6.33. The summed E-state index contributed by atoms with van der Waals surface area (Å²) in [5.41, 5.74) is 3.30. The van der Waals surface area contributed by atoms with E-state index in [4.69, 9.17) is 4.74 Å². The molecule has 2 aromatic heterocycles. The molecule has 132 valence electrons. The first-order valence-corrected chi connectivity index (χ1v) is 9.99. The van der Waals surface area contributed by atoms with E-state index in [1.54, 1.807) is 35.8 Å². The third-order valence-electron chi connectivity index (χ3n) is 4.37. The van der Waals surface area contributed by atoms with Crippen molar-refractivity contribution in [2.45, 2.75) is 0 Å². The van der Waals surface area contributed by atoms with Crippen molar-refractivity contribution in [2.75, 3.05) is 7.11 Å². The van der Waals surface area contributed by atoms with Crippen molar-refractivity contribution in [3.8, 4) is 32.6 Å². The second-order valence-corrected chi connectivity index (χ2v) is 8.10. The van der Waals surface area contributed by atoms with Crippen LogP contribution in [0.25, 0.3) is 41.6 Å². The highest BCUT2D eigenvalue weighted by atomic mass is 32.1.